The Kier molecular flexibility index (Phi) is 6.83. The van der Waals surface area contributed by atoms with Gasteiger partial charge in [-0.05, 0) is 62.4 Å². The first-order chi connectivity index (χ1) is 14.6. The first kappa shape index (κ1) is 22.6. The lowest BCUT2D eigenvalue weighted by Gasteiger charge is -2.28. The molecule has 1 saturated carbocycles. The average molecular weight is 427 g/mol. The number of carbonyl (C=O) groups is 3. The van der Waals surface area contributed by atoms with Crippen LogP contribution in [0.15, 0.2) is 36.4 Å². The fourth-order valence-electron chi connectivity index (χ4n) is 4.01. The van der Waals surface area contributed by atoms with E-state index in [9.17, 15) is 19.5 Å². The van der Waals surface area contributed by atoms with Crippen LogP contribution in [0.1, 0.15) is 63.2 Å². The Morgan fingerprint density at radius 2 is 1.65 bits per heavy atom. The molecule has 0 saturated heterocycles. The number of ether oxygens (including phenoxy) is 1. The van der Waals surface area contributed by atoms with Gasteiger partial charge in [-0.2, -0.15) is 0 Å². The van der Waals surface area contributed by atoms with Crippen LogP contribution in [0.2, 0.25) is 0 Å². The summed E-state index contributed by atoms with van der Waals surface area (Å²) in [6.07, 6.45) is 3.89. The number of carbonyl (C=O) groups excluding carboxylic acids is 2. The van der Waals surface area contributed by atoms with Crippen molar-refractivity contribution in [2.24, 2.45) is 5.92 Å². The number of carboxylic acids is 1. The summed E-state index contributed by atoms with van der Waals surface area (Å²) in [6, 6.07) is 9.85. The molecule has 0 unspecified atom stereocenters. The topological polar surface area (TPSA) is 105 Å². The Morgan fingerprint density at radius 3 is 2.23 bits per heavy atom. The fraction of sp³-hybridized carbons (Fsp3) is 0.458. The van der Waals surface area contributed by atoms with Gasteiger partial charge in [0.2, 0.25) is 0 Å². The summed E-state index contributed by atoms with van der Waals surface area (Å²) in [4.78, 5) is 37.4. The van der Waals surface area contributed by atoms with E-state index in [-0.39, 0.29) is 17.2 Å². The lowest BCUT2D eigenvalue weighted by Crippen LogP contribution is -2.46. The number of anilines is 1. The highest BCUT2D eigenvalue weighted by atomic mass is 16.6. The number of hydrogen-bond donors (Lipinski definition) is 3. The second-order valence-corrected chi connectivity index (χ2v) is 9.06. The van der Waals surface area contributed by atoms with Crippen LogP contribution in [-0.2, 0) is 9.53 Å². The van der Waals surface area contributed by atoms with Crippen molar-refractivity contribution >= 4 is 34.4 Å². The van der Waals surface area contributed by atoms with Gasteiger partial charge in [0, 0.05) is 0 Å². The highest BCUT2D eigenvalue weighted by molar-refractivity contribution is 6.07. The molecule has 1 aliphatic rings. The smallest absolute Gasteiger partial charge is 0.412 e. The van der Waals surface area contributed by atoms with Crippen molar-refractivity contribution in [3.8, 4) is 0 Å². The minimum Gasteiger partial charge on any atom is -0.480 e. The fourth-order valence-corrected chi connectivity index (χ4v) is 4.01. The quantitative estimate of drug-likeness (QED) is 0.627. The minimum atomic E-state index is -1.04. The van der Waals surface area contributed by atoms with E-state index in [0.29, 0.717) is 0 Å². The first-order valence-corrected chi connectivity index (χ1v) is 10.7. The van der Waals surface area contributed by atoms with Gasteiger partial charge in [-0.15, -0.1) is 0 Å². The minimum absolute atomic E-state index is 0.0991. The van der Waals surface area contributed by atoms with Gasteiger partial charge in [0.1, 0.15) is 11.6 Å². The van der Waals surface area contributed by atoms with Crippen LogP contribution in [0.25, 0.3) is 10.8 Å². The summed E-state index contributed by atoms with van der Waals surface area (Å²) < 4.78 is 5.33. The second-order valence-electron chi connectivity index (χ2n) is 9.06. The molecule has 0 bridgehead atoms. The summed E-state index contributed by atoms with van der Waals surface area (Å²) >= 11 is 0. The van der Waals surface area contributed by atoms with Crippen molar-refractivity contribution in [2.75, 3.05) is 5.32 Å². The maximum absolute atomic E-state index is 13.2. The van der Waals surface area contributed by atoms with E-state index in [0.717, 1.165) is 42.9 Å². The monoisotopic (exact) mass is 426 g/mol. The van der Waals surface area contributed by atoms with Gasteiger partial charge < -0.3 is 15.2 Å². The zero-order valence-electron chi connectivity index (χ0n) is 18.2. The molecular weight excluding hydrogens is 396 g/mol. The molecule has 166 valence electrons. The van der Waals surface area contributed by atoms with E-state index in [4.69, 9.17) is 4.74 Å². The number of hydrogen-bond acceptors (Lipinski definition) is 4. The van der Waals surface area contributed by atoms with Gasteiger partial charge in [-0.1, -0.05) is 43.5 Å². The van der Waals surface area contributed by atoms with Crippen LogP contribution in [-0.4, -0.2) is 34.7 Å². The van der Waals surface area contributed by atoms with E-state index in [1.807, 2.05) is 24.3 Å². The summed E-state index contributed by atoms with van der Waals surface area (Å²) in [5.41, 5.74) is -0.219. The molecule has 0 aromatic heterocycles. The third-order valence-electron chi connectivity index (χ3n) is 5.44. The van der Waals surface area contributed by atoms with Crippen LogP contribution in [0.4, 0.5) is 10.5 Å². The highest BCUT2D eigenvalue weighted by Crippen LogP contribution is 2.28. The molecule has 1 atom stereocenters. The number of amides is 2. The predicted octanol–water partition coefficient (Wildman–Crippen LogP) is 4.95. The number of nitrogens with one attached hydrogen (secondary N) is 2. The summed E-state index contributed by atoms with van der Waals surface area (Å²) in [6.45, 7) is 5.26. The number of rotatable bonds is 5. The van der Waals surface area contributed by atoms with Crippen LogP contribution in [0.3, 0.4) is 0 Å². The maximum Gasteiger partial charge on any atom is 0.412 e. The van der Waals surface area contributed by atoms with Crippen LogP contribution in [0, 0.1) is 5.92 Å². The van der Waals surface area contributed by atoms with E-state index < -0.39 is 29.6 Å². The molecule has 3 rings (SSSR count). The van der Waals surface area contributed by atoms with Crippen LogP contribution >= 0.6 is 0 Å². The van der Waals surface area contributed by atoms with Crippen molar-refractivity contribution in [1.29, 1.82) is 0 Å². The molecule has 1 fully saturated rings. The first-order valence-electron chi connectivity index (χ1n) is 10.7. The van der Waals surface area contributed by atoms with Crippen molar-refractivity contribution < 1.29 is 24.2 Å². The number of carboxylic acid groups (broad SMARTS) is 1. The normalized spacial score (nSPS) is 15.8. The molecular formula is C24H30N2O5. The lowest BCUT2D eigenvalue weighted by atomic mass is 9.83. The van der Waals surface area contributed by atoms with Gasteiger partial charge >= 0.3 is 12.1 Å². The molecule has 7 nitrogen and oxygen atoms in total. The Balaban J connectivity index is 1.91. The van der Waals surface area contributed by atoms with Crippen molar-refractivity contribution in [2.45, 2.75) is 64.5 Å². The van der Waals surface area contributed by atoms with Crippen LogP contribution < -0.4 is 10.6 Å². The molecule has 7 heteroatoms. The summed E-state index contributed by atoms with van der Waals surface area (Å²) in [7, 11) is 0. The van der Waals surface area contributed by atoms with E-state index >= 15 is 0 Å². The van der Waals surface area contributed by atoms with Crippen LogP contribution in [0.5, 0.6) is 0 Å². The third-order valence-corrected chi connectivity index (χ3v) is 5.44. The number of benzene rings is 2. The summed E-state index contributed by atoms with van der Waals surface area (Å²) in [5, 5.41) is 16.7. The van der Waals surface area contributed by atoms with E-state index in [1.165, 1.54) is 0 Å². The highest BCUT2D eigenvalue weighted by Gasteiger charge is 2.31. The van der Waals surface area contributed by atoms with Crippen molar-refractivity contribution in [1.82, 2.24) is 5.32 Å². The predicted molar refractivity (Wildman–Crippen MR) is 119 cm³/mol. The Bertz CT molecular complexity index is 974. The average Bonchev–Trinajstić information content (AvgIpc) is 2.70. The zero-order valence-corrected chi connectivity index (χ0v) is 18.2. The largest absolute Gasteiger partial charge is 0.480 e. The maximum atomic E-state index is 13.2. The molecule has 31 heavy (non-hydrogen) atoms. The Morgan fingerprint density at radius 1 is 1.03 bits per heavy atom. The van der Waals surface area contributed by atoms with Gasteiger partial charge in [-0.25, -0.2) is 9.59 Å². The summed E-state index contributed by atoms with van der Waals surface area (Å²) in [5.74, 6) is -1.67. The number of aliphatic carboxylic acids is 1. The van der Waals surface area contributed by atoms with Gasteiger partial charge in [-0.3, -0.25) is 10.1 Å². The second kappa shape index (κ2) is 9.37. The third kappa shape index (κ3) is 5.96. The van der Waals surface area contributed by atoms with E-state index in [2.05, 4.69) is 10.6 Å². The van der Waals surface area contributed by atoms with Gasteiger partial charge in [0.25, 0.3) is 5.91 Å². The standard InChI is InChI=1S/C24H30N2O5/c1-24(2,3)31-23(30)25-19-14-17-12-8-7-11-16(17)13-18(19)21(27)26-20(22(28)29)15-9-5-4-6-10-15/h7-8,11-15,20H,4-6,9-10H2,1-3H3,(H,25,30)(H,26,27)(H,28,29)/t20-/m0/s1. The Hall–Kier alpha value is -3.09. The number of fused-ring (bicyclic) bond motifs is 1. The Labute approximate surface area is 182 Å². The molecule has 0 spiro atoms. The molecule has 0 radical (unpaired) electrons. The van der Waals surface area contributed by atoms with E-state index in [1.54, 1.807) is 32.9 Å². The van der Waals surface area contributed by atoms with Crippen molar-refractivity contribution in [3.63, 3.8) is 0 Å². The molecule has 2 aromatic rings. The molecule has 0 aliphatic heterocycles. The lowest BCUT2D eigenvalue weighted by molar-refractivity contribution is -0.141. The molecule has 2 amide bonds. The SMILES string of the molecule is CC(C)(C)OC(=O)Nc1cc2ccccc2cc1C(=O)N[C@H](C(=O)O)C1CCCCC1. The molecule has 2 aromatic carbocycles. The molecule has 1 aliphatic carbocycles. The molecule has 3 N–H and O–H groups in total. The van der Waals surface area contributed by atoms with Gasteiger partial charge in [0.15, 0.2) is 0 Å². The van der Waals surface area contributed by atoms with Gasteiger partial charge in [0.05, 0.1) is 11.3 Å². The zero-order chi connectivity index (χ0) is 22.6. The van der Waals surface area contributed by atoms with Crippen molar-refractivity contribution in [3.05, 3.63) is 42.0 Å². The molecule has 0 heterocycles.